The van der Waals surface area contributed by atoms with E-state index in [9.17, 15) is 9.18 Å². The van der Waals surface area contributed by atoms with Gasteiger partial charge in [-0.1, -0.05) is 36.9 Å². The van der Waals surface area contributed by atoms with Crippen LogP contribution in [-0.4, -0.2) is 20.7 Å². The summed E-state index contributed by atoms with van der Waals surface area (Å²) in [7, 11) is 0. The summed E-state index contributed by atoms with van der Waals surface area (Å²) in [6.07, 6.45) is 1.39. The summed E-state index contributed by atoms with van der Waals surface area (Å²) < 4.78 is 15.4. The molecule has 2 atom stereocenters. The van der Waals surface area contributed by atoms with Gasteiger partial charge in [0, 0.05) is 11.4 Å². The highest BCUT2D eigenvalue weighted by molar-refractivity contribution is 5.95. The van der Waals surface area contributed by atoms with Gasteiger partial charge in [-0.05, 0) is 29.8 Å². The molecule has 0 saturated carbocycles. The lowest BCUT2D eigenvalue weighted by atomic mass is 9.88. The second-order valence-electron chi connectivity index (χ2n) is 6.01. The first kappa shape index (κ1) is 16.0. The molecule has 1 amide bonds. The third kappa shape index (κ3) is 2.83. The number of fused-ring (bicyclic) bond motifs is 1. The van der Waals surface area contributed by atoms with E-state index in [-0.39, 0.29) is 11.7 Å². The minimum absolute atomic E-state index is 0.260. The van der Waals surface area contributed by atoms with Crippen LogP contribution in [0.3, 0.4) is 0 Å². The number of halogens is 1. The molecule has 2 unspecified atom stereocenters. The number of carbonyl (C=O) groups is 1. The molecule has 4 rings (SSSR count). The van der Waals surface area contributed by atoms with E-state index >= 15 is 0 Å². The molecule has 2 heterocycles. The number of benzene rings is 2. The third-order valence-corrected chi connectivity index (χ3v) is 4.31. The van der Waals surface area contributed by atoms with Gasteiger partial charge in [0.25, 0.3) is 0 Å². The van der Waals surface area contributed by atoms with Crippen LogP contribution in [0.15, 0.2) is 73.2 Å². The first-order valence-electron chi connectivity index (χ1n) is 8.10. The maximum atomic E-state index is 13.8. The number of anilines is 2. The van der Waals surface area contributed by atoms with E-state index in [2.05, 4.69) is 27.3 Å². The Hall–Kier alpha value is -3.48. The fraction of sp³-hybridized carbons (Fsp3) is 0.105. The number of hydrogen-bond acceptors (Lipinski definition) is 4. The van der Waals surface area contributed by atoms with Crippen molar-refractivity contribution in [3.05, 3.63) is 84.6 Å². The van der Waals surface area contributed by atoms with Crippen molar-refractivity contribution in [2.45, 2.75) is 6.04 Å². The summed E-state index contributed by atoms with van der Waals surface area (Å²) in [5.41, 5.74) is 1.77. The van der Waals surface area contributed by atoms with Crippen LogP contribution in [0.5, 0.6) is 0 Å². The molecule has 0 radical (unpaired) electrons. The van der Waals surface area contributed by atoms with E-state index in [1.807, 2.05) is 18.2 Å². The molecule has 0 aliphatic carbocycles. The van der Waals surface area contributed by atoms with E-state index in [0.717, 1.165) is 0 Å². The molecule has 7 heteroatoms. The first-order chi connectivity index (χ1) is 12.6. The molecular formula is C19H16FN5O. The summed E-state index contributed by atoms with van der Waals surface area (Å²) >= 11 is 0. The maximum absolute atomic E-state index is 13.8. The van der Waals surface area contributed by atoms with E-state index < -0.39 is 12.0 Å². The van der Waals surface area contributed by atoms with Gasteiger partial charge in [-0.25, -0.2) is 9.07 Å². The summed E-state index contributed by atoms with van der Waals surface area (Å²) in [6.45, 7) is 3.99. The zero-order chi connectivity index (χ0) is 18.1. The number of nitrogens with one attached hydrogen (secondary N) is 2. The number of rotatable bonds is 3. The van der Waals surface area contributed by atoms with Crippen LogP contribution < -0.4 is 10.6 Å². The number of amides is 1. The van der Waals surface area contributed by atoms with Gasteiger partial charge in [0.05, 0.1) is 6.04 Å². The topological polar surface area (TPSA) is 71.8 Å². The predicted molar refractivity (Wildman–Crippen MR) is 95.9 cm³/mol. The standard InChI is InChI=1S/C19H16FN5O/c1-12-16(18(26)24-15-8-3-2-4-9-15)17(13-6-5-7-14(20)10-13)25-19(23-12)21-11-22-25/h2-11,16-17H,1H2,(H,24,26)(H,21,22,23). The molecule has 0 saturated heterocycles. The van der Waals surface area contributed by atoms with Crippen LogP contribution in [0.25, 0.3) is 0 Å². The lowest BCUT2D eigenvalue weighted by molar-refractivity contribution is -0.119. The average Bonchev–Trinajstić information content (AvgIpc) is 3.09. The number of aromatic nitrogens is 3. The van der Waals surface area contributed by atoms with Crippen LogP contribution >= 0.6 is 0 Å². The summed E-state index contributed by atoms with van der Waals surface area (Å²) in [5.74, 6) is -0.862. The van der Waals surface area contributed by atoms with Crippen molar-refractivity contribution in [1.29, 1.82) is 0 Å². The van der Waals surface area contributed by atoms with E-state index in [4.69, 9.17) is 0 Å². The van der Waals surface area contributed by atoms with E-state index in [1.165, 1.54) is 18.5 Å². The Balaban J connectivity index is 1.75. The van der Waals surface area contributed by atoms with Crippen LogP contribution in [0, 0.1) is 11.7 Å². The van der Waals surface area contributed by atoms with Crippen LogP contribution in [-0.2, 0) is 4.79 Å². The Morgan fingerprint density at radius 2 is 2.00 bits per heavy atom. The highest BCUT2D eigenvalue weighted by atomic mass is 19.1. The molecule has 3 aromatic rings. The normalized spacial score (nSPS) is 18.7. The average molecular weight is 349 g/mol. The lowest BCUT2D eigenvalue weighted by Gasteiger charge is -2.33. The Morgan fingerprint density at radius 3 is 2.77 bits per heavy atom. The van der Waals surface area contributed by atoms with E-state index in [0.29, 0.717) is 22.9 Å². The lowest BCUT2D eigenvalue weighted by Crippen LogP contribution is -2.39. The van der Waals surface area contributed by atoms with Gasteiger partial charge in [-0.3, -0.25) is 4.79 Å². The molecule has 0 spiro atoms. The Labute approximate surface area is 149 Å². The van der Waals surface area contributed by atoms with Crippen molar-refractivity contribution in [3.63, 3.8) is 0 Å². The molecule has 0 bridgehead atoms. The fourth-order valence-corrected chi connectivity index (χ4v) is 3.16. The van der Waals surface area contributed by atoms with Gasteiger partial charge in [-0.15, -0.1) is 0 Å². The van der Waals surface area contributed by atoms with E-state index in [1.54, 1.807) is 28.9 Å². The highest BCUT2D eigenvalue weighted by Crippen LogP contribution is 2.37. The zero-order valence-corrected chi connectivity index (χ0v) is 13.8. The summed E-state index contributed by atoms with van der Waals surface area (Å²) in [4.78, 5) is 17.1. The molecule has 1 aliphatic heterocycles. The number of para-hydroxylation sites is 1. The number of carbonyl (C=O) groups excluding carboxylic acids is 1. The number of hydrogen-bond donors (Lipinski definition) is 2. The fourth-order valence-electron chi connectivity index (χ4n) is 3.16. The predicted octanol–water partition coefficient (Wildman–Crippen LogP) is 3.20. The molecule has 6 nitrogen and oxygen atoms in total. The van der Waals surface area contributed by atoms with Gasteiger partial charge in [0.2, 0.25) is 11.9 Å². The summed E-state index contributed by atoms with van der Waals surface area (Å²) in [6, 6.07) is 14.7. The molecule has 130 valence electrons. The van der Waals surface area contributed by atoms with Gasteiger partial charge in [0.1, 0.15) is 18.1 Å². The first-order valence-corrected chi connectivity index (χ1v) is 8.10. The van der Waals surface area contributed by atoms with Crippen molar-refractivity contribution in [2.75, 3.05) is 10.6 Å². The molecule has 2 aromatic carbocycles. The third-order valence-electron chi connectivity index (χ3n) is 4.31. The molecule has 1 aliphatic rings. The minimum atomic E-state index is -0.689. The Bertz CT molecular complexity index is 969. The second kappa shape index (κ2) is 6.44. The summed E-state index contributed by atoms with van der Waals surface area (Å²) in [5, 5.41) is 10.1. The van der Waals surface area contributed by atoms with Gasteiger partial charge in [0.15, 0.2) is 0 Å². The van der Waals surface area contributed by atoms with Gasteiger partial charge < -0.3 is 10.6 Å². The zero-order valence-electron chi connectivity index (χ0n) is 13.8. The smallest absolute Gasteiger partial charge is 0.235 e. The Morgan fingerprint density at radius 1 is 1.19 bits per heavy atom. The van der Waals surface area contributed by atoms with Crippen LogP contribution in [0.4, 0.5) is 16.0 Å². The molecule has 26 heavy (non-hydrogen) atoms. The van der Waals surface area contributed by atoms with Crippen LogP contribution in [0.2, 0.25) is 0 Å². The highest BCUT2D eigenvalue weighted by Gasteiger charge is 2.39. The SMILES string of the molecule is C=C1Nc2ncnn2C(c2cccc(F)c2)C1C(=O)Nc1ccccc1. The van der Waals surface area contributed by atoms with Crippen molar-refractivity contribution in [3.8, 4) is 0 Å². The molecule has 2 N–H and O–H groups in total. The maximum Gasteiger partial charge on any atom is 0.235 e. The number of nitrogens with zero attached hydrogens (tertiary/aromatic N) is 3. The quantitative estimate of drug-likeness (QED) is 0.762. The van der Waals surface area contributed by atoms with Gasteiger partial charge in [-0.2, -0.15) is 10.1 Å². The minimum Gasteiger partial charge on any atom is -0.328 e. The van der Waals surface area contributed by atoms with Crippen LogP contribution in [0.1, 0.15) is 11.6 Å². The molecule has 0 fully saturated rings. The molecule has 1 aromatic heterocycles. The molecular weight excluding hydrogens is 333 g/mol. The van der Waals surface area contributed by atoms with Crippen molar-refractivity contribution < 1.29 is 9.18 Å². The van der Waals surface area contributed by atoms with Crippen molar-refractivity contribution in [2.24, 2.45) is 5.92 Å². The van der Waals surface area contributed by atoms with Crippen molar-refractivity contribution >= 4 is 17.5 Å². The van der Waals surface area contributed by atoms with Crippen molar-refractivity contribution in [1.82, 2.24) is 14.8 Å². The monoisotopic (exact) mass is 349 g/mol. The largest absolute Gasteiger partial charge is 0.328 e. The second-order valence-corrected chi connectivity index (χ2v) is 6.01. The Kier molecular flexibility index (Phi) is 3.96. The van der Waals surface area contributed by atoms with Gasteiger partial charge >= 0.3 is 0 Å².